The van der Waals surface area contributed by atoms with Crippen LogP contribution < -0.4 is 10.1 Å². The number of carbonyl (C=O) groups is 2. The molecule has 6 rings (SSSR count). The van der Waals surface area contributed by atoms with Crippen molar-refractivity contribution in [3.63, 3.8) is 0 Å². The molecule has 0 radical (unpaired) electrons. The van der Waals surface area contributed by atoms with Crippen LogP contribution in [0.25, 0.3) is 33.5 Å². The number of amides is 1. The average molecular weight is 608 g/mol. The van der Waals surface area contributed by atoms with E-state index in [2.05, 4.69) is 9.88 Å². The summed E-state index contributed by atoms with van der Waals surface area (Å²) in [5.74, 6) is 1.10. The molecule has 0 atom stereocenters. The van der Waals surface area contributed by atoms with Gasteiger partial charge in [-0.2, -0.15) is 0 Å². The maximum absolute atomic E-state index is 12.2. The number of nitrogens with zero attached hydrogens (tertiary/aromatic N) is 2. The molecule has 1 saturated carbocycles. The van der Waals surface area contributed by atoms with Crippen LogP contribution >= 0.6 is 11.6 Å². The van der Waals surface area contributed by atoms with Gasteiger partial charge in [0.05, 0.1) is 23.7 Å². The molecular formula is C36H34ClN3O4. The Morgan fingerprint density at radius 3 is 2.34 bits per heavy atom. The normalized spacial score (nSPS) is 13.5. The van der Waals surface area contributed by atoms with Crippen molar-refractivity contribution in [2.75, 3.05) is 12.4 Å². The molecule has 0 spiro atoms. The van der Waals surface area contributed by atoms with E-state index in [0.29, 0.717) is 34.7 Å². The van der Waals surface area contributed by atoms with Gasteiger partial charge in [0.15, 0.2) is 0 Å². The van der Waals surface area contributed by atoms with Crippen molar-refractivity contribution in [2.45, 2.75) is 51.7 Å². The minimum atomic E-state index is -0.371. The van der Waals surface area contributed by atoms with Crippen LogP contribution in [0.4, 0.5) is 5.69 Å². The number of aromatic nitrogens is 2. The molecule has 0 saturated heterocycles. The van der Waals surface area contributed by atoms with Crippen LogP contribution in [0.5, 0.6) is 5.75 Å². The summed E-state index contributed by atoms with van der Waals surface area (Å²) >= 11 is 6.13. The first-order valence-electron chi connectivity index (χ1n) is 14.9. The van der Waals surface area contributed by atoms with Crippen molar-refractivity contribution in [1.82, 2.24) is 9.55 Å². The summed E-state index contributed by atoms with van der Waals surface area (Å²) < 4.78 is 13.6. The zero-order valence-electron chi connectivity index (χ0n) is 24.8. The predicted octanol–water partition coefficient (Wildman–Crippen LogP) is 8.85. The number of halogens is 1. The van der Waals surface area contributed by atoms with E-state index in [9.17, 15) is 9.59 Å². The molecule has 1 aromatic heterocycles. The molecule has 1 aliphatic rings. The second kappa shape index (κ2) is 12.9. The van der Waals surface area contributed by atoms with E-state index in [1.807, 2.05) is 84.9 Å². The van der Waals surface area contributed by atoms with Crippen LogP contribution in [0.1, 0.15) is 61.0 Å². The van der Waals surface area contributed by atoms with Crippen molar-refractivity contribution in [3.8, 4) is 28.3 Å². The van der Waals surface area contributed by atoms with E-state index in [4.69, 9.17) is 26.1 Å². The minimum Gasteiger partial charge on any atom is -0.489 e. The standard InChI is InChI=1S/C36H34ClN3O4/c1-23(41)38-29-15-18-32(24-8-13-28(37)14-9-24)27(20-29)22-44-31-16-10-25(11-17-31)35-39-33-21-26(36(42)43-2)12-19-34(33)40(35)30-6-4-3-5-7-30/h8-21,30H,3-7,22H2,1-2H3,(H,38,41). The highest BCUT2D eigenvalue weighted by Crippen LogP contribution is 2.37. The van der Waals surface area contributed by atoms with Gasteiger partial charge in [-0.25, -0.2) is 9.78 Å². The quantitative estimate of drug-likeness (QED) is 0.178. The smallest absolute Gasteiger partial charge is 0.337 e. The molecule has 5 aromatic rings. The van der Waals surface area contributed by atoms with Gasteiger partial charge in [-0.15, -0.1) is 0 Å². The largest absolute Gasteiger partial charge is 0.489 e. The lowest BCUT2D eigenvalue weighted by Gasteiger charge is -2.25. The van der Waals surface area contributed by atoms with Crippen molar-refractivity contribution in [1.29, 1.82) is 0 Å². The maximum atomic E-state index is 12.2. The number of ether oxygens (including phenoxy) is 2. The Morgan fingerprint density at radius 1 is 0.909 bits per heavy atom. The van der Waals surface area contributed by atoms with E-state index in [1.165, 1.54) is 33.3 Å². The lowest BCUT2D eigenvalue weighted by Crippen LogP contribution is -2.14. The summed E-state index contributed by atoms with van der Waals surface area (Å²) in [7, 11) is 1.39. The summed E-state index contributed by atoms with van der Waals surface area (Å²) in [5, 5.41) is 3.53. The number of benzene rings is 4. The summed E-state index contributed by atoms with van der Waals surface area (Å²) in [6.45, 7) is 1.80. The minimum absolute atomic E-state index is 0.132. The van der Waals surface area contributed by atoms with Gasteiger partial charge in [0.1, 0.15) is 18.2 Å². The SMILES string of the molecule is COC(=O)c1ccc2c(c1)nc(-c1ccc(OCc3cc(NC(C)=O)ccc3-c3ccc(Cl)cc3)cc1)n2C1CCCCC1. The van der Waals surface area contributed by atoms with Crippen LogP contribution in [0.2, 0.25) is 5.02 Å². The monoisotopic (exact) mass is 607 g/mol. The van der Waals surface area contributed by atoms with E-state index in [0.717, 1.165) is 52.0 Å². The van der Waals surface area contributed by atoms with Crippen molar-refractivity contribution in [3.05, 3.63) is 101 Å². The predicted molar refractivity (Wildman–Crippen MR) is 174 cm³/mol. The molecule has 7 nitrogen and oxygen atoms in total. The molecule has 8 heteroatoms. The average Bonchev–Trinajstić information content (AvgIpc) is 3.43. The zero-order chi connectivity index (χ0) is 30.6. The Kier molecular flexibility index (Phi) is 8.66. The third kappa shape index (κ3) is 6.33. The number of methoxy groups -OCH3 is 1. The Labute approximate surface area is 261 Å². The number of anilines is 1. The molecule has 224 valence electrons. The van der Waals surface area contributed by atoms with E-state index < -0.39 is 0 Å². The first-order valence-corrected chi connectivity index (χ1v) is 15.3. The lowest BCUT2D eigenvalue weighted by atomic mass is 9.95. The van der Waals surface area contributed by atoms with E-state index >= 15 is 0 Å². The number of fused-ring (bicyclic) bond motifs is 1. The molecule has 0 unspecified atom stereocenters. The van der Waals surface area contributed by atoms with Gasteiger partial charge < -0.3 is 19.4 Å². The number of carbonyl (C=O) groups excluding carboxylic acids is 2. The highest BCUT2D eigenvalue weighted by atomic mass is 35.5. The van der Waals surface area contributed by atoms with Crippen molar-refractivity contribution >= 4 is 40.2 Å². The van der Waals surface area contributed by atoms with Gasteiger partial charge in [-0.05, 0) is 96.3 Å². The van der Waals surface area contributed by atoms with Crippen LogP contribution in [-0.2, 0) is 16.1 Å². The Balaban J connectivity index is 1.29. The van der Waals surface area contributed by atoms with Crippen molar-refractivity contribution in [2.24, 2.45) is 0 Å². The zero-order valence-corrected chi connectivity index (χ0v) is 25.6. The van der Waals surface area contributed by atoms with Gasteiger partial charge in [0.2, 0.25) is 5.91 Å². The molecule has 0 aliphatic heterocycles. The summed E-state index contributed by atoms with van der Waals surface area (Å²) in [4.78, 5) is 28.9. The summed E-state index contributed by atoms with van der Waals surface area (Å²) in [6, 6.07) is 27.4. The molecule has 1 aliphatic carbocycles. The summed E-state index contributed by atoms with van der Waals surface area (Å²) in [6.07, 6.45) is 5.85. The Bertz CT molecular complexity index is 1810. The molecular weight excluding hydrogens is 574 g/mol. The molecule has 1 N–H and O–H groups in total. The number of rotatable bonds is 8. The summed E-state index contributed by atoms with van der Waals surface area (Å²) in [5.41, 5.74) is 6.92. The number of imidazole rings is 1. The van der Waals surface area contributed by atoms with Gasteiger partial charge in [-0.1, -0.05) is 49.1 Å². The first kappa shape index (κ1) is 29.5. The molecule has 0 bridgehead atoms. The Morgan fingerprint density at radius 2 is 1.64 bits per heavy atom. The second-order valence-electron chi connectivity index (χ2n) is 11.2. The highest BCUT2D eigenvalue weighted by molar-refractivity contribution is 6.30. The number of hydrogen-bond donors (Lipinski definition) is 1. The topological polar surface area (TPSA) is 82.5 Å². The maximum Gasteiger partial charge on any atom is 0.337 e. The van der Waals surface area contributed by atoms with Gasteiger partial charge in [0, 0.05) is 29.2 Å². The molecule has 44 heavy (non-hydrogen) atoms. The highest BCUT2D eigenvalue weighted by Gasteiger charge is 2.23. The van der Waals surface area contributed by atoms with E-state index in [-0.39, 0.29) is 11.9 Å². The third-order valence-corrected chi connectivity index (χ3v) is 8.39. The lowest BCUT2D eigenvalue weighted by molar-refractivity contribution is -0.114. The molecule has 4 aromatic carbocycles. The third-order valence-electron chi connectivity index (χ3n) is 8.14. The fourth-order valence-electron chi connectivity index (χ4n) is 6.02. The fourth-order valence-corrected chi connectivity index (χ4v) is 6.15. The number of nitrogens with one attached hydrogen (secondary N) is 1. The van der Waals surface area contributed by atoms with Crippen LogP contribution in [0.15, 0.2) is 84.9 Å². The van der Waals surface area contributed by atoms with Gasteiger partial charge in [-0.3, -0.25) is 4.79 Å². The van der Waals surface area contributed by atoms with E-state index in [1.54, 1.807) is 0 Å². The van der Waals surface area contributed by atoms with Crippen molar-refractivity contribution < 1.29 is 19.1 Å². The van der Waals surface area contributed by atoms with Crippen LogP contribution in [0.3, 0.4) is 0 Å². The Hall–Kier alpha value is -4.62. The fraction of sp³-hybridized carbons (Fsp3) is 0.250. The number of hydrogen-bond acceptors (Lipinski definition) is 5. The number of esters is 1. The molecule has 1 heterocycles. The van der Waals surface area contributed by atoms with Gasteiger partial charge >= 0.3 is 5.97 Å². The first-order chi connectivity index (χ1) is 21.4. The molecule has 1 fully saturated rings. The van der Waals surface area contributed by atoms with Crippen LogP contribution in [0, 0.1) is 0 Å². The molecule has 1 amide bonds. The second-order valence-corrected chi connectivity index (χ2v) is 11.6. The van der Waals surface area contributed by atoms with Crippen LogP contribution in [-0.4, -0.2) is 28.5 Å². The van der Waals surface area contributed by atoms with Gasteiger partial charge in [0.25, 0.3) is 0 Å².